The molecular weight excluding hydrogens is 712 g/mol. The van der Waals surface area contributed by atoms with Crippen LogP contribution in [-0.4, -0.2) is 62.4 Å². The Morgan fingerprint density at radius 2 is 1.47 bits per heavy atom. The molecule has 0 bridgehead atoms. The van der Waals surface area contributed by atoms with Gasteiger partial charge in [-0.15, -0.1) is 23.2 Å². The highest BCUT2D eigenvalue weighted by atomic mass is 35.5. The number of hydrogen-bond acceptors (Lipinski definition) is 10. The van der Waals surface area contributed by atoms with Gasteiger partial charge in [-0.2, -0.15) is 0 Å². The first kappa shape index (κ1) is 34.1. The van der Waals surface area contributed by atoms with E-state index in [-0.39, 0.29) is 34.8 Å². The van der Waals surface area contributed by atoms with Crippen LogP contribution in [0.5, 0.6) is 5.75 Å². The minimum absolute atomic E-state index is 0.0191. The summed E-state index contributed by atoms with van der Waals surface area (Å²) in [5, 5.41) is 35.2. The third-order valence-electron chi connectivity index (χ3n) is 10.3. The molecule has 1 saturated carbocycles. The van der Waals surface area contributed by atoms with Crippen LogP contribution in [-0.2, 0) is 19.2 Å². The van der Waals surface area contributed by atoms with Gasteiger partial charge in [-0.1, -0.05) is 29.8 Å². The summed E-state index contributed by atoms with van der Waals surface area (Å²) < 4.78 is 13.9. The maximum atomic E-state index is 14.4. The lowest BCUT2D eigenvalue weighted by Crippen LogP contribution is -2.60. The second-order valence-electron chi connectivity index (χ2n) is 13.1. The van der Waals surface area contributed by atoms with Gasteiger partial charge in [0.2, 0.25) is 11.8 Å². The van der Waals surface area contributed by atoms with Crippen molar-refractivity contribution >= 4 is 75.3 Å². The predicted molar refractivity (Wildman–Crippen MR) is 181 cm³/mol. The number of carbonyl (C=O) groups is 4. The number of fused-ring (bicyclic) bond motifs is 4. The zero-order valence-corrected chi connectivity index (χ0v) is 28.2. The first-order valence-corrected chi connectivity index (χ1v) is 16.3. The second-order valence-corrected chi connectivity index (χ2v) is 14.3. The van der Waals surface area contributed by atoms with E-state index in [1.807, 2.05) is 0 Å². The first-order chi connectivity index (χ1) is 24.0. The molecular formula is C34H26Cl2FN5O9. The molecule has 6 unspecified atom stereocenters. The summed E-state index contributed by atoms with van der Waals surface area (Å²) in [6.07, 6.45) is 1.12. The molecule has 2 saturated heterocycles. The van der Waals surface area contributed by atoms with E-state index < -0.39 is 90.5 Å². The van der Waals surface area contributed by atoms with E-state index in [1.165, 1.54) is 49.3 Å². The van der Waals surface area contributed by atoms with Gasteiger partial charge in [0.1, 0.15) is 11.6 Å². The lowest BCUT2D eigenvalue weighted by atomic mass is 9.56. The number of imide groups is 2. The first-order valence-electron chi connectivity index (χ1n) is 15.6. The van der Waals surface area contributed by atoms with E-state index in [0.29, 0.717) is 10.5 Å². The van der Waals surface area contributed by atoms with Crippen LogP contribution in [0.4, 0.5) is 32.8 Å². The maximum Gasteiger partial charge on any atom is 0.301 e. The molecule has 4 amide bonds. The predicted octanol–water partition coefficient (Wildman–Crippen LogP) is 5.18. The highest BCUT2D eigenvalue weighted by molar-refractivity contribution is 6.58. The molecule has 51 heavy (non-hydrogen) atoms. The Labute approximate surface area is 297 Å². The number of nitro benzene ring substituents is 2. The molecule has 0 radical (unpaired) electrons. The van der Waals surface area contributed by atoms with Crippen molar-refractivity contribution in [2.45, 2.75) is 28.5 Å². The number of carbonyl (C=O) groups excluding carboxylic acids is 4. The number of amides is 4. The molecule has 262 valence electrons. The van der Waals surface area contributed by atoms with Gasteiger partial charge >= 0.3 is 11.4 Å². The summed E-state index contributed by atoms with van der Waals surface area (Å²) in [6.45, 7) is 0. The van der Waals surface area contributed by atoms with Crippen molar-refractivity contribution in [3.63, 3.8) is 0 Å². The van der Waals surface area contributed by atoms with Crippen LogP contribution in [0.3, 0.4) is 0 Å². The summed E-state index contributed by atoms with van der Waals surface area (Å²) in [4.78, 5) is 77.7. The Morgan fingerprint density at radius 1 is 0.863 bits per heavy atom. The average Bonchev–Trinajstić information content (AvgIpc) is 3.42. The molecule has 0 aromatic heterocycles. The number of phenols is 1. The van der Waals surface area contributed by atoms with E-state index in [9.17, 15) is 48.9 Å². The number of anilines is 3. The van der Waals surface area contributed by atoms with Crippen molar-refractivity contribution in [2.24, 2.45) is 17.8 Å². The fourth-order valence-corrected chi connectivity index (χ4v) is 9.11. The number of para-hydroxylation sites is 1. The number of benzene rings is 3. The number of rotatable bonds is 6. The second kappa shape index (κ2) is 11.6. The van der Waals surface area contributed by atoms with Gasteiger partial charge < -0.3 is 10.0 Å². The molecule has 6 atom stereocenters. The van der Waals surface area contributed by atoms with Crippen molar-refractivity contribution in [1.29, 1.82) is 0 Å². The average molecular weight is 739 g/mol. The van der Waals surface area contributed by atoms with Crippen molar-refractivity contribution in [2.75, 3.05) is 28.8 Å². The SMILES string of the molecule is CN(C)c1c([N+](=O)[O-])cc(N2C(=O)C3CC=C4C(CC5(Cl)C(=O)N(c6ccc(F)cc6)C(=O)C5(Cl)C4c4ccccc4O)C3C2=O)cc1[N+](=O)[O-]. The Morgan fingerprint density at radius 3 is 2.04 bits per heavy atom. The molecule has 3 aromatic carbocycles. The van der Waals surface area contributed by atoms with Crippen molar-refractivity contribution < 1.29 is 38.5 Å². The standard InChI is InChI=1S/C34H26Cl2FN5O9/c1-38(2)28-23(41(48)49)13-18(14-24(28)42(50)51)39-29(44)21-12-11-19-22(26(21)30(39)45)15-33(35)31(46)40(17-9-7-16(37)8-10-17)32(47)34(33,36)27(19)20-5-3-4-6-25(20)43/h3-11,13-14,21-22,26-27,43H,12,15H2,1-2H3. The smallest absolute Gasteiger partial charge is 0.301 e. The number of nitro groups is 2. The van der Waals surface area contributed by atoms with Gasteiger partial charge in [-0.3, -0.25) is 39.4 Å². The quantitative estimate of drug-likeness (QED) is 0.116. The molecule has 1 N–H and O–H groups in total. The number of nitrogens with zero attached hydrogens (tertiary/aromatic N) is 5. The number of alkyl halides is 2. The van der Waals surface area contributed by atoms with Gasteiger partial charge in [-0.05, 0) is 49.1 Å². The van der Waals surface area contributed by atoms with Crippen LogP contribution < -0.4 is 14.7 Å². The molecule has 3 fully saturated rings. The lowest BCUT2D eigenvalue weighted by Gasteiger charge is -2.50. The summed E-state index contributed by atoms with van der Waals surface area (Å²) >= 11 is 14.6. The van der Waals surface area contributed by atoms with E-state index >= 15 is 0 Å². The molecule has 3 aromatic rings. The summed E-state index contributed by atoms with van der Waals surface area (Å²) in [7, 11) is 2.75. The normalized spacial score (nSPS) is 28.3. The summed E-state index contributed by atoms with van der Waals surface area (Å²) in [5.41, 5.74) is -1.70. The van der Waals surface area contributed by atoms with E-state index in [1.54, 1.807) is 12.1 Å². The minimum atomic E-state index is -2.28. The number of aromatic hydroxyl groups is 1. The van der Waals surface area contributed by atoms with Gasteiger partial charge in [0, 0.05) is 37.7 Å². The Balaban J connectivity index is 1.38. The monoisotopic (exact) mass is 737 g/mol. The Bertz CT molecular complexity index is 2110. The van der Waals surface area contributed by atoms with Crippen LogP contribution in [0.15, 0.2) is 72.3 Å². The molecule has 7 rings (SSSR count). The fraction of sp³-hybridized carbons (Fsp3) is 0.294. The zero-order chi connectivity index (χ0) is 36.9. The van der Waals surface area contributed by atoms with Gasteiger partial charge in [0.05, 0.1) is 33.1 Å². The molecule has 2 heterocycles. The van der Waals surface area contributed by atoms with Gasteiger partial charge in [0.25, 0.3) is 11.8 Å². The van der Waals surface area contributed by atoms with Crippen LogP contribution in [0.25, 0.3) is 0 Å². The van der Waals surface area contributed by atoms with Crippen LogP contribution >= 0.6 is 23.2 Å². The van der Waals surface area contributed by atoms with Gasteiger partial charge in [-0.25, -0.2) is 14.2 Å². The highest BCUT2D eigenvalue weighted by Crippen LogP contribution is 2.66. The van der Waals surface area contributed by atoms with Crippen LogP contribution in [0, 0.1) is 43.8 Å². The van der Waals surface area contributed by atoms with E-state index in [0.717, 1.165) is 29.2 Å². The largest absolute Gasteiger partial charge is 0.508 e. The zero-order valence-electron chi connectivity index (χ0n) is 26.7. The Hall–Kier alpha value is -5.41. The third-order valence-corrected chi connectivity index (χ3v) is 11.7. The Kier molecular flexibility index (Phi) is 7.72. The number of hydrogen-bond donors (Lipinski definition) is 1. The van der Waals surface area contributed by atoms with Gasteiger partial charge in [0.15, 0.2) is 15.4 Å². The van der Waals surface area contributed by atoms with Crippen LogP contribution in [0.2, 0.25) is 0 Å². The van der Waals surface area contributed by atoms with Crippen LogP contribution in [0.1, 0.15) is 24.3 Å². The third kappa shape index (κ3) is 4.60. The number of halogens is 3. The molecule has 14 nitrogen and oxygen atoms in total. The lowest BCUT2D eigenvalue weighted by molar-refractivity contribution is -0.392. The molecule has 2 aliphatic heterocycles. The summed E-state index contributed by atoms with van der Waals surface area (Å²) in [6, 6.07) is 12.3. The molecule has 0 spiro atoms. The topological polar surface area (TPSA) is 185 Å². The van der Waals surface area contributed by atoms with Crippen molar-refractivity contribution in [1.82, 2.24) is 0 Å². The molecule has 4 aliphatic rings. The fourth-order valence-electron chi connectivity index (χ4n) is 8.19. The highest BCUT2D eigenvalue weighted by Gasteiger charge is 2.77. The molecule has 17 heteroatoms. The maximum absolute atomic E-state index is 14.4. The van der Waals surface area contributed by atoms with E-state index in [2.05, 4.69) is 0 Å². The molecule has 2 aliphatic carbocycles. The van der Waals surface area contributed by atoms with Crippen molar-refractivity contribution in [3.05, 3.63) is 104 Å². The van der Waals surface area contributed by atoms with E-state index in [4.69, 9.17) is 23.2 Å². The number of phenolic OH excluding ortho intramolecular Hbond substituents is 1. The number of allylic oxidation sites excluding steroid dienone is 2. The summed E-state index contributed by atoms with van der Waals surface area (Å²) in [5.74, 6) is -9.12. The van der Waals surface area contributed by atoms with Crippen molar-refractivity contribution in [3.8, 4) is 5.75 Å². The minimum Gasteiger partial charge on any atom is -0.508 e.